The third-order valence-electron chi connectivity index (χ3n) is 2.65. The van der Waals surface area contributed by atoms with Crippen molar-refractivity contribution in [3.63, 3.8) is 0 Å². The number of benzene rings is 1. The first-order valence-corrected chi connectivity index (χ1v) is 7.26. The van der Waals surface area contributed by atoms with Crippen LogP contribution in [0.3, 0.4) is 0 Å². The predicted octanol–water partition coefficient (Wildman–Crippen LogP) is 3.70. The fraction of sp³-hybridized carbons (Fsp3) is 0.231. The van der Waals surface area contributed by atoms with Crippen molar-refractivity contribution >= 4 is 46.2 Å². The van der Waals surface area contributed by atoms with E-state index >= 15 is 0 Å². The average molecular weight is 329 g/mol. The molecule has 7 heteroatoms. The Morgan fingerprint density at radius 1 is 1.30 bits per heavy atom. The Balaban J connectivity index is 1.92. The molecule has 20 heavy (non-hydrogen) atoms. The van der Waals surface area contributed by atoms with Crippen molar-refractivity contribution in [2.75, 3.05) is 5.32 Å². The second-order valence-electron chi connectivity index (χ2n) is 4.10. The smallest absolute Gasteiger partial charge is 0.171 e. The molecule has 0 aliphatic heterocycles. The van der Waals surface area contributed by atoms with E-state index < -0.39 is 0 Å². The lowest BCUT2D eigenvalue weighted by Crippen LogP contribution is -2.28. The zero-order valence-electron chi connectivity index (χ0n) is 10.9. The Hall–Kier alpha value is -1.30. The minimum Gasteiger partial charge on any atom is -0.357 e. The van der Waals surface area contributed by atoms with Gasteiger partial charge in [0.15, 0.2) is 5.11 Å². The molecule has 2 N–H and O–H groups in total. The molecule has 2 rings (SSSR count). The van der Waals surface area contributed by atoms with E-state index in [0.717, 1.165) is 17.9 Å². The van der Waals surface area contributed by atoms with Gasteiger partial charge >= 0.3 is 0 Å². The van der Waals surface area contributed by atoms with Gasteiger partial charge in [0.25, 0.3) is 0 Å². The van der Waals surface area contributed by atoms with E-state index in [2.05, 4.69) is 15.7 Å². The molecule has 0 radical (unpaired) electrons. The summed E-state index contributed by atoms with van der Waals surface area (Å²) in [5.74, 6) is 0. The largest absolute Gasteiger partial charge is 0.357 e. The number of rotatable bonds is 4. The van der Waals surface area contributed by atoms with Gasteiger partial charge in [-0.05, 0) is 43.4 Å². The lowest BCUT2D eigenvalue weighted by molar-refractivity contribution is 0.614. The van der Waals surface area contributed by atoms with Crippen LogP contribution in [0.4, 0.5) is 5.69 Å². The first-order valence-electron chi connectivity index (χ1n) is 6.10. The van der Waals surface area contributed by atoms with E-state index in [1.54, 1.807) is 24.4 Å². The lowest BCUT2D eigenvalue weighted by atomic mass is 10.3. The normalized spacial score (nSPS) is 10.3. The number of aromatic nitrogens is 2. The van der Waals surface area contributed by atoms with Crippen LogP contribution in [0, 0.1) is 0 Å². The summed E-state index contributed by atoms with van der Waals surface area (Å²) in [6, 6.07) is 7.15. The van der Waals surface area contributed by atoms with E-state index in [-0.39, 0.29) is 0 Å². The van der Waals surface area contributed by atoms with Crippen LogP contribution in [0.25, 0.3) is 0 Å². The quantitative estimate of drug-likeness (QED) is 0.840. The first-order chi connectivity index (χ1) is 9.58. The maximum atomic E-state index is 5.93. The number of hydrogen-bond acceptors (Lipinski definition) is 2. The number of anilines is 1. The second-order valence-corrected chi connectivity index (χ2v) is 5.39. The van der Waals surface area contributed by atoms with Gasteiger partial charge in [0.05, 0.1) is 12.2 Å². The molecule has 0 saturated heterocycles. The monoisotopic (exact) mass is 328 g/mol. The summed E-state index contributed by atoms with van der Waals surface area (Å²) in [6.07, 6.45) is 1.77. The molecule has 0 atom stereocenters. The summed E-state index contributed by atoms with van der Waals surface area (Å²) in [7, 11) is 0. The predicted molar refractivity (Wildman–Crippen MR) is 87.4 cm³/mol. The van der Waals surface area contributed by atoms with Crippen molar-refractivity contribution in [3.05, 3.63) is 46.2 Å². The Morgan fingerprint density at radius 2 is 2.00 bits per heavy atom. The highest BCUT2D eigenvalue weighted by Gasteiger charge is 2.03. The van der Waals surface area contributed by atoms with E-state index in [1.807, 2.05) is 17.7 Å². The Morgan fingerprint density at radius 3 is 2.65 bits per heavy atom. The van der Waals surface area contributed by atoms with Gasteiger partial charge in [-0.25, -0.2) is 0 Å². The van der Waals surface area contributed by atoms with Crippen LogP contribution in [0.15, 0.2) is 30.5 Å². The van der Waals surface area contributed by atoms with E-state index in [0.29, 0.717) is 21.7 Å². The molecule has 4 nitrogen and oxygen atoms in total. The van der Waals surface area contributed by atoms with Gasteiger partial charge in [-0.15, -0.1) is 0 Å². The van der Waals surface area contributed by atoms with Crippen molar-refractivity contribution in [2.24, 2.45) is 0 Å². The average Bonchev–Trinajstić information content (AvgIpc) is 2.82. The summed E-state index contributed by atoms with van der Waals surface area (Å²) in [4.78, 5) is 0. The second kappa shape index (κ2) is 6.92. The highest BCUT2D eigenvalue weighted by Crippen LogP contribution is 2.22. The van der Waals surface area contributed by atoms with Gasteiger partial charge < -0.3 is 10.6 Å². The highest BCUT2D eigenvalue weighted by atomic mass is 35.5. The zero-order valence-corrected chi connectivity index (χ0v) is 13.2. The van der Waals surface area contributed by atoms with Gasteiger partial charge in [0, 0.05) is 28.5 Å². The number of halogens is 2. The fourth-order valence-corrected chi connectivity index (χ4v) is 2.48. The van der Waals surface area contributed by atoms with Crippen LogP contribution in [0.5, 0.6) is 0 Å². The molecule has 0 bridgehead atoms. The number of nitrogens with one attached hydrogen (secondary N) is 2. The maximum absolute atomic E-state index is 5.93. The Kier molecular flexibility index (Phi) is 5.23. The zero-order chi connectivity index (χ0) is 14.5. The molecule has 0 fully saturated rings. The maximum Gasteiger partial charge on any atom is 0.171 e. The summed E-state index contributed by atoms with van der Waals surface area (Å²) in [5.41, 5.74) is 1.82. The SMILES string of the molecule is CCn1nccc1CNC(=S)Nc1cc(Cl)cc(Cl)c1. The Labute approximate surface area is 133 Å². The molecular formula is C13H14Cl2N4S. The number of thiocarbonyl (C=S) groups is 1. The fourth-order valence-electron chi connectivity index (χ4n) is 1.77. The van der Waals surface area contributed by atoms with Gasteiger partial charge in [-0.1, -0.05) is 23.2 Å². The molecule has 0 aliphatic rings. The summed E-state index contributed by atoms with van der Waals surface area (Å²) in [6.45, 7) is 3.48. The van der Waals surface area contributed by atoms with E-state index in [9.17, 15) is 0 Å². The molecule has 2 aromatic rings. The van der Waals surface area contributed by atoms with Crippen LogP contribution in [0.2, 0.25) is 10.0 Å². The molecule has 0 amide bonds. The minimum absolute atomic E-state index is 0.507. The van der Waals surface area contributed by atoms with Gasteiger partial charge in [-0.2, -0.15) is 5.10 Å². The Bertz CT molecular complexity index is 592. The first kappa shape index (κ1) is 15.1. The number of nitrogens with zero attached hydrogens (tertiary/aromatic N) is 2. The topological polar surface area (TPSA) is 41.9 Å². The standard InChI is InChI=1S/C13H14Cl2N4S/c1-2-19-12(3-4-17-19)8-16-13(20)18-11-6-9(14)5-10(15)7-11/h3-7H,2,8H2,1H3,(H2,16,18,20). The van der Waals surface area contributed by atoms with Crippen molar-refractivity contribution in [2.45, 2.75) is 20.0 Å². The third kappa shape index (κ3) is 4.10. The molecule has 1 aromatic heterocycles. The summed E-state index contributed by atoms with van der Waals surface area (Å²) in [5, 5.41) is 12.0. The van der Waals surface area contributed by atoms with E-state index in [1.165, 1.54) is 0 Å². The highest BCUT2D eigenvalue weighted by molar-refractivity contribution is 7.80. The van der Waals surface area contributed by atoms with Crippen LogP contribution >= 0.6 is 35.4 Å². The number of hydrogen-bond donors (Lipinski definition) is 2. The molecule has 0 saturated carbocycles. The molecular weight excluding hydrogens is 315 g/mol. The summed E-state index contributed by atoms with van der Waals surface area (Å²) < 4.78 is 1.91. The van der Waals surface area contributed by atoms with Crippen molar-refractivity contribution in [1.82, 2.24) is 15.1 Å². The molecule has 1 aromatic carbocycles. The van der Waals surface area contributed by atoms with Crippen molar-refractivity contribution < 1.29 is 0 Å². The molecule has 0 spiro atoms. The van der Waals surface area contributed by atoms with E-state index in [4.69, 9.17) is 35.4 Å². The van der Waals surface area contributed by atoms with Crippen molar-refractivity contribution in [1.29, 1.82) is 0 Å². The molecule has 106 valence electrons. The van der Waals surface area contributed by atoms with Crippen LogP contribution in [0.1, 0.15) is 12.6 Å². The van der Waals surface area contributed by atoms with Gasteiger partial charge in [-0.3, -0.25) is 4.68 Å². The van der Waals surface area contributed by atoms with Gasteiger partial charge in [0.1, 0.15) is 0 Å². The number of aryl methyl sites for hydroxylation is 1. The molecule has 0 unspecified atom stereocenters. The summed E-state index contributed by atoms with van der Waals surface area (Å²) >= 11 is 17.1. The molecule has 0 aliphatic carbocycles. The lowest BCUT2D eigenvalue weighted by Gasteiger charge is -2.11. The van der Waals surface area contributed by atoms with Crippen LogP contribution in [-0.4, -0.2) is 14.9 Å². The van der Waals surface area contributed by atoms with Crippen LogP contribution < -0.4 is 10.6 Å². The van der Waals surface area contributed by atoms with Crippen molar-refractivity contribution in [3.8, 4) is 0 Å². The molecule has 1 heterocycles. The van der Waals surface area contributed by atoms with Gasteiger partial charge in [0.2, 0.25) is 0 Å². The minimum atomic E-state index is 0.507. The van der Waals surface area contributed by atoms with Crippen LogP contribution in [-0.2, 0) is 13.1 Å². The third-order valence-corrected chi connectivity index (χ3v) is 3.34.